The molecule has 25 heavy (non-hydrogen) atoms. The Hall–Kier alpha value is -1.93. The van der Waals surface area contributed by atoms with Crippen LogP contribution in [0.3, 0.4) is 0 Å². The Balaban J connectivity index is 0.000000730. The van der Waals surface area contributed by atoms with Gasteiger partial charge >= 0.3 is 0 Å². The van der Waals surface area contributed by atoms with Crippen molar-refractivity contribution in [3.8, 4) is 5.88 Å². The van der Waals surface area contributed by atoms with Crippen LogP contribution >= 0.6 is 0 Å². The van der Waals surface area contributed by atoms with Crippen molar-refractivity contribution in [3.63, 3.8) is 0 Å². The standard InChI is InChI=1S/C13H19N5O3.2C2H6/c1-7(2)20-12-10-11(16-13(14)17-12)18(6-15-10)9-4-3-8(5-19)21-9;2*1-2/h6-9,19H,3-5H2,1-2H3,(H2,14,16,17);2*1-2H3. The van der Waals surface area contributed by atoms with E-state index in [9.17, 15) is 0 Å². The predicted octanol–water partition coefficient (Wildman–Crippen LogP) is 2.92. The number of nitrogen functional groups attached to an aromatic ring is 1. The molecule has 3 N–H and O–H groups in total. The molecular formula is C17H31N5O3. The Labute approximate surface area is 149 Å². The Morgan fingerprint density at radius 3 is 2.52 bits per heavy atom. The van der Waals surface area contributed by atoms with E-state index in [1.807, 2.05) is 46.1 Å². The summed E-state index contributed by atoms with van der Waals surface area (Å²) >= 11 is 0. The van der Waals surface area contributed by atoms with E-state index in [1.54, 1.807) is 6.33 Å². The van der Waals surface area contributed by atoms with Gasteiger partial charge in [-0.15, -0.1) is 0 Å². The zero-order valence-electron chi connectivity index (χ0n) is 16.1. The molecule has 2 aromatic rings. The molecule has 0 aromatic carbocycles. The second-order valence-electron chi connectivity index (χ2n) is 5.35. The molecule has 1 aliphatic heterocycles. The molecule has 0 radical (unpaired) electrons. The summed E-state index contributed by atoms with van der Waals surface area (Å²) in [6, 6.07) is 0. The lowest BCUT2D eigenvalue weighted by Gasteiger charge is -2.14. The summed E-state index contributed by atoms with van der Waals surface area (Å²) < 4.78 is 13.2. The number of aliphatic hydroxyl groups is 1. The minimum absolute atomic E-state index is 0.0158. The van der Waals surface area contributed by atoms with Crippen LogP contribution in [0.4, 0.5) is 5.95 Å². The fourth-order valence-electron chi connectivity index (χ4n) is 2.45. The number of imidazole rings is 1. The van der Waals surface area contributed by atoms with Crippen LogP contribution in [0.1, 0.15) is 60.6 Å². The number of fused-ring (bicyclic) bond motifs is 1. The second-order valence-corrected chi connectivity index (χ2v) is 5.35. The fraction of sp³-hybridized carbons (Fsp3) is 0.706. The van der Waals surface area contributed by atoms with Crippen LogP contribution in [0.2, 0.25) is 0 Å². The first kappa shape index (κ1) is 21.1. The zero-order valence-corrected chi connectivity index (χ0v) is 16.1. The van der Waals surface area contributed by atoms with Crippen LogP contribution in [0.15, 0.2) is 6.33 Å². The number of nitrogens with zero attached hydrogens (tertiary/aromatic N) is 4. The largest absolute Gasteiger partial charge is 0.473 e. The normalized spacial score (nSPS) is 19.2. The summed E-state index contributed by atoms with van der Waals surface area (Å²) in [6.07, 6.45) is 2.87. The summed E-state index contributed by atoms with van der Waals surface area (Å²) in [4.78, 5) is 12.7. The minimum atomic E-state index is -0.201. The van der Waals surface area contributed by atoms with Crippen molar-refractivity contribution in [2.24, 2.45) is 0 Å². The molecule has 8 heteroatoms. The predicted molar refractivity (Wildman–Crippen MR) is 98.4 cm³/mol. The van der Waals surface area contributed by atoms with Crippen molar-refractivity contribution in [3.05, 3.63) is 6.33 Å². The van der Waals surface area contributed by atoms with Gasteiger partial charge in [-0.2, -0.15) is 9.97 Å². The van der Waals surface area contributed by atoms with E-state index in [1.165, 1.54) is 0 Å². The molecule has 0 saturated carbocycles. The molecule has 2 aromatic heterocycles. The number of rotatable bonds is 4. The Kier molecular flexibility index (Phi) is 8.57. The van der Waals surface area contributed by atoms with Gasteiger partial charge in [0, 0.05) is 0 Å². The van der Waals surface area contributed by atoms with Crippen molar-refractivity contribution in [2.75, 3.05) is 12.3 Å². The number of nitrogens with two attached hydrogens (primary N) is 1. The smallest absolute Gasteiger partial charge is 0.247 e. The van der Waals surface area contributed by atoms with E-state index < -0.39 is 0 Å². The van der Waals surface area contributed by atoms with Crippen molar-refractivity contribution < 1.29 is 14.6 Å². The number of ether oxygens (including phenoxy) is 2. The van der Waals surface area contributed by atoms with Crippen LogP contribution in [-0.4, -0.2) is 43.4 Å². The minimum Gasteiger partial charge on any atom is -0.473 e. The van der Waals surface area contributed by atoms with Gasteiger partial charge in [-0.1, -0.05) is 27.7 Å². The molecule has 1 aliphatic rings. The highest BCUT2D eigenvalue weighted by molar-refractivity contribution is 5.77. The van der Waals surface area contributed by atoms with Gasteiger partial charge in [0.05, 0.1) is 25.1 Å². The third-order valence-electron chi connectivity index (χ3n) is 3.35. The average Bonchev–Trinajstić information content (AvgIpc) is 3.24. The third-order valence-corrected chi connectivity index (χ3v) is 3.35. The molecule has 0 bridgehead atoms. The van der Waals surface area contributed by atoms with Crippen molar-refractivity contribution in [2.45, 2.75) is 72.8 Å². The van der Waals surface area contributed by atoms with E-state index in [0.29, 0.717) is 17.0 Å². The molecule has 0 spiro atoms. The number of anilines is 1. The highest BCUT2D eigenvalue weighted by atomic mass is 16.5. The third kappa shape index (κ3) is 5.02. The van der Waals surface area contributed by atoms with Gasteiger partial charge in [-0.05, 0) is 26.7 Å². The summed E-state index contributed by atoms with van der Waals surface area (Å²) in [6.45, 7) is 11.8. The highest BCUT2D eigenvalue weighted by Gasteiger charge is 2.28. The Morgan fingerprint density at radius 1 is 1.28 bits per heavy atom. The zero-order chi connectivity index (χ0) is 19.0. The maximum atomic E-state index is 9.17. The molecule has 1 fully saturated rings. The van der Waals surface area contributed by atoms with Gasteiger partial charge < -0.3 is 20.3 Å². The van der Waals surface area contributed by atoms with Gasteiger partial charge in [-0.3, -0.25) is 4.57 Å². The first-order valence-electron chi connectivity index (χ1n) is 9.01. The lowest BCUT2D eigenvalue weighted by molar-refractivity contribution is -0.0207. The average molecular weight is 353 g/mol. The second kappa shape index (κ2) is 10.1. The molecule has 0 amide bonds. The van der Waals surface area contributed by atoms with Crippen molar-refractivity contribution in [1.29, 1.82) is 0 Å². The van der Waals surface area contributed by atoms with E-state index in [0.717, 1.165) is 12.8 Å². The van der Waals surface area contributed by atoms with Gasteiger partial charge in [-0.25, -0.2) is 4.98 Å². The molecule has 142 valence electrons. The fourth-order valence-corrected chi connectivity index (χ4v) is 2.45. The number of aliphatic hydroxyl groups excluding tert-OH is 1. The molecule has 2 atom stereocenters. The van der Waals surface area contributed by atoms with Crippen molar-refractivity contribution >= 4 is 17.1 Å². The van der Waals surface area contributed by atoms with Crippen LogP contribution in [0.5, 0.6) is 5.88 Å². The van der Waals surface area contributed by atoms with Gasteiger partial charge in [0.15, 0.2) is 11.2 Å². The maximum Gasteiger partial charge on any atom is 0.247 e. The molecule has 2 unspecified atom stereocenters. The Morgan fingerprint density at radius 2 is 1.96 bits per heavy atom. The van der Waals surface area contributed by atoms with Crippen LogP contribution < -0.4 is 10.5 Å². The molecule has 8 nitrogen and oxygen atoms in total. The SMILES string of the molecule is CC.CC.CC(C)Oc1nc(N)nc2c1ncn2C1CCC(CO)O1. The molecule has 0 aliphatic carbocycles. The summed E-state index contributed by atoms with van der Waals surface area (Å²) in [5, 5.41) is 9.17. The summed E-state index contributed by atoms with van der Waals surface area (Å²) in [7, 11) is 0. The summed E-state index contributed by atoms with van der Waals surface area (Å²) in [5.41, 5.74) is 6.91. The van der Waals surface area contributed by atoms with Crippen LogP contribution in [0, 0.1) is 0 Å². The first-order valence-corrected chi connectivity index (χ1v) is 9.01. The van der Waals surface area contributed by atoms with Gasteiger partial charge in [0.25, 0.3) is 0 Å². The number of aromatic nitrogens is 4. The highest BCUT2D eigenvalue weighted by Crippen LogP contribution is 2.32. The first-order chi connectivity index (χ1) is 12.1. The van der Waals surface area contributed by atoms with E-state index in [-0.39, 0.29) is 31.0 Å². The monoisotopic (exact) mass is 353 g/mol. The van der Waals surface area contributed by atoms with Gasteiger partial charge in [0.2, 0.25) is 11.8 Å². The van der Waals surface area contributed by atoms with Gasteiger partial charge in [0.1, 0.15) is 6.23 Å². The lowest BCUT2D eigenvalue weighted by atomic mass is 10.2. The quantitative estimate of drug-likeness (QED) is 0.870. The van der Waals surface area contributed by atoms with E-state index in [2.05, 4.69) is 15.0 Å². The summed E-state index contributed by atoms with van der Waals surface area (Å²) in [5.74, 6) is 0.513. The number of hydrogen-bond acceptors (Lipinski definition) is 7. The van der Waals surface area contributed by atoms with Crippen LogP contribution in [-0.2, 0) is 4.74 Å². The molecular weight excluding hydrogens is 322 g/mol. The molecule has 1 saturated heterocycles. The van der Waals surface area contributed by atoms with Crippen LogP contribution in [0.25, 0.3) is 11.2 Å². The lowest BCUT2D eigenvalue weighted by Crippen LogP contribution is -2.14. The van der Waals surface area contributed by atoms with E-state index >= 15 is 0 Å². The van der Waals surface area contributed by atoms with E-state index in [4.69, 9.17) is 20.3 Å². The topological polar surface area (TPSA) is 108 Å². The van der Waals surface area contributed by atoms with Crippen molar-refractivity contribution in [1.82, 2.24) is 19.5 Å². The number of hydrogen-bond donors (Lipinski definition) is 2. The molecule has 3 rings (SSSR count). The maximum absolute atomic E-state index is 9.17. The molecule has 3 heterocycles. The Bertz CT molecular complexity index is 644.